The van der Waals surface area contributed by atoms with Gasteiger partial charge < -0.3 is 20.3 Å². The Bertz CT molecular complexity index is 799. The molecule has 138 valence electrons. The van der Waals surface area contributed by atoms with E-state index in [1.165, 1.54) is 23.7 Å². The third-order valence-electron chi connectivity index (χ3n) is 5.10. The van der Waals surface area contributed by atoms with Gasteiger partial charge in [-0.05, 0) is 25.0 Å². The number of ether oxygens (including phenoxy) is 1. The first kappa shape index (κ1) is 16.7. The van der Waals surface area contributed by atoms with Gasteiger partial charge in [0, 0.05) is 39.3 Å². The van der Waals surface area contributed by atoms with Crippen molar-refractivity contribution in [3.05, 3.63) is 30.1 Å². The van der Waals surface area contributed by atoms with E-state index in [1.54, 1.807) is 18.1 Å². The molecule has 0 saturated carbocycles. The Morgan fingerprint density at radius 2 is 2.12 bits per heavy atom. The highest BCUT2D eigenvalue weighted by Gasteiger charge is 2.31. The standard InChI is InChI=1S/C18H24N6O2/c1-22-16(19)14(11-21-22)18(25)24-10-6-13(12-24)26-15-5-4-7-20-17(15)23-8-2-3-9-23/h4-5,7,11,13H,2-3,6,8-10,12,19H2,1H3. The molecule has 0 bridgehead atoms. The molecule has 2 aliphatic rings. The van der Waals surface area contributed by atoms with E-state index in [0.29, 0.717) is 24.5 Å². The van der Waals surface area contributed by atoms with Gasteiger partial charge in [-0.15, -0.1) is 0 Å². The van der Waals surface area contributed by atoms with Crippen LogP contribution in [0.5, 0.6) is 5.75 Å². The molecule has 4 rings (SSSR count). The van der Waals surface area contributed by atoms with E-state index in [-0.39, 0.29) is 12.0 Å². The summed E-state index contributed by atoms with van der Waals surface area (Å²) in [6.45, 7) is 3.23. The summed E-state index contributed by atoms with van der Waals surface area (Å²) in [5.74, 6) is 2.01. The summed E-state index contributed by atoms with van der Waals surface area (Å²) in [6, 6.07) is 3.85. The number of pyridine rings is 1. The first-order valence-corrected chi connectivity index (χ1v) is 9.07. The van der Waals surface area contributed by atoms with Crippen molar-refractivity contribution < 1.29 is 9.53 Å². The van der Waals surface area contributed by atoms with Crippen molar-refractivity contribution in [2.24, 2.45) is 7.05 Å². The Morgan fingerprint density at radius 3 is 2.85 bits per heavy atom. The highest BCUT2D eigenvalue weighted by molar-refractivity contribution is 5.98. The summed E-state index contributed by atoms with van der Waals surface area (Å²) in [5, 5.41) is 4.05. The largest absolute Gasteiger partial charge is 0.485 e. The Hall–Kier alpha value is -2.77. The number of aromatic nitrogens is 3. The number of likely N-dealkylation sites (tertiary alicyclic amines) is 1. The molecule has 1 atom stereocenters. The maximum atomic E-state index is 12.7. The van der Waals surface area contributed by atoms with Crippen LogP contribution >= 0.6 is 0 Å². The highest BCUT2D eigenvalue weighted by atomic mass is 16.5. The molecule has 0 aliphatic carbocycles. The molecule has 2 aromatic heterocycles. The fourth-order valence-electron chi connectivity index (χ4n) is 3.61. The van der Waals surface area contributed by atoms with Crippen LogP contribution in [0, 0.1) is 0 Å². The Kier molecular flexibility index (Phi) is 4.40. The van der Waals surface area contributed by atoms with E-state index in [9.17, 15) is 4.79 Å². The molecule has 2 N–H and O–H groups in total. The van der Waals surface area contributed by atoms with E-state index < -0.39 is 0 Å². The second-order valence-electron chi connectivity index (χ2n) is 6.87. The topological polar surface area (TPSA) is 89.5 Å². The molecule has 2 saturated heterocycles. The number of hydrogen-bond donors (Lipinski definition) is 1. The molecule has 0 spiro atoms. The number of nitrogen functional groups attached to an aromatic ring is 1. The van der Waals surface area contributed by atoms with Crippen molar-refractivity contribution in [3.8, 4) is 5.75 Å². The average molecular weight is 356 g/mol. The number of carbonyl (C=O) groups is 1. The summed E-state index contributed by atoms with van der Waals surface area (Å²) in [4.78, 5) is 21.2. The molecule has 2 aliphatic heterocycles. The number of rotatable bonds is 4. The normalized spacial score (nSPS) is 20.0. The number of carbonyl (C=O) groups excluding carboxylic acids is 1. The monoisotopic (exact) mass is 356 g/mol. The van der Waals surface area contributed by atoms with Crippen LogP contribution in [0.4, 0.5) is 11.6 Å². The minimum atomic E-state index is -0.0901. The number of anilines is 2. The van der Waals surface area contributed by atoms with Gasteiger partial charge in [0.25, 0.3) is 5.91 Å². The van der Waals surface area contributed by atoms with E-state index in [2.05, 4.69) is 15.0 Å². The molecule has 8 heteroatoms. The molecule has 8 nitrogen and oxygen atoms in total. The predicted octanol–water partition coefficient (Wildman–Crippen LogP) is 1.29. The highest BCUT2D eigenvalue weighted by Crippen LogP contribution is 2.30. The molecular weight excluding hydrogens is 332 g/mol. The molecule has 0 aromatic carbocycles. The molecule has 1 amide bonds. The minimum Gasteiger partial charge on any atom is -0.485 e. The van der Waals surface area contributed by atoms with Gasteiger partial charge in [0.1, 0.15) is 17.5 Å². The zero-order valence-corrected chi connectivity index (χ0v) is 15.0. The summed E-state index contributed by atoms with van der Waals surface area (Å²) in [5.41, 5.74) is 6.38. The molecule has 26 heavy (non-hydrogen) atoms. The van der Waals surface area contributed by atoms with Crippen molar-refractivity contribution in [2.75, 3.05) is 36.8 Å². The van der Waals surface area contributed by atoms with Crippen LogP contribution in [0.3, 0.4) is 0 Å². The minimum absolute atomic E-state index is 0.0394. The SMILES string of the molecule is Cn1ncc(C(=O)N2CCC(Oc3cccnc3N3CCCC3)C2)c1N. The zero-order chi connectivity index (χ0) is 18.1. The number of hydrogen-bond acceptors (Lipinski definition) is 6. The maximum absolute atomic E-state index is 12.7. The van der Waals surface area contributed by atoms with Gasteiger partial charge >= 0.3 is 0 Å². The Labute approximate surface area is 152 Å². The predicted molar refractivity (Wildman–Crippen MR) is 98.2 cm³/mol. The fraction of sp³-hybridized carbons (Fsp3) is 0.500. The van der Waals surface area contributed by atoms with Gasteiger partial charge in [-0.25, -0.2) is 4.98 Å². The van der Waals surface area contributed by atoms with Crippen LogP contribution in [0.2, 0.25) is 0 Å². The van der Waals surface area contributed by atoms with Crippen molar-refractivity contribution in [1.82, 2.24) is 19.7 Å². The van der Waals surface area contributed by atoms with E-state index >= 15 is 0 Å². The van der Waals surface area contributed by atoms with E-state index in [1.807, 2.05) is 12.1 Å². The fourth-order valence-corrected chi connectivity index (χ4v) is 3.61. The maximum Gasteiger partial charge on any atom is 0.259 e. The van der Waals surface area contributed by atoms with Crippen molar-refractivity contribution in [2.45, 2.75) is 25.4 Å². The number of aryl methyl sites for hydroxylation is 1. The quantitative estimate of drug-likeness (QED) is 0.888. The molecular formula is C18H24N6O2. The second kappa shape index (κ2) is 6.86. The average Bonchev–Trinajstić information content (AvgIpc) is 3.39. The van der Waals surface area contributed by atoms with Crippen molar-refractivity contribution >= 4 is 17.5 Å². The van der Waals surface area contributed by atoms with Crippen LogP contribution in [0.15, 0.2) is 24.5 Å². The Morgan fingerprint density at radius 1 is 1.31 bits per heavy atom. The van der Waals surface area contributed by atoms with Crippen LogP contribution in [0.1, 0.15) is 29.6 Å². The van der Waals surface area contributed by atoms with Crippen LogP contribution in [-0.4, -0.2) is 57.9 Å². The lowest BCUT2D eigenvalue weighted by Gasteiger charge is -2.22. The van der Waals surface area contributed by atoms with Gasteiger partial charge in [0.2, 0.25) is 0 Å². The Balaban J connectivity index is 1.44. The summed E-state index contributed by atoms with van der Waals surface area (Å²) in [7, 11) is 1.73. The molecule has 1 unspecified atom stereocenters. The van der Waals surface area contributed by atoms with Crippen LogP contribution in [0.25, 0.3) is 0 Å². The van der Waals surface area contributed by atoms with E-state index in [4.69, 9.17) is 10.5 Å². The summed E-state index contributed by atoms with van der Waals surface area (Å²) in [6.07, 6.45) is 6.46. The van der Waals surface area contributed by atoms with Gasteiger partial charge in [0.05, 0.1) is 12.7 Å². The van der Waals surface area contributed by atoms with Crippen LogP contribution in [-0.2, 0) is 7.05 Å². The molecule has 2 aromatic rings. The van der Waals surface area contributed by atoms with Gasteiger partial charge in [-0.1, -0.05) is 0 Å². The zero-order valence-electron chi connectivity index (χ0n) is 15.0. The third-order valence-corrected chi connectivity index (χ3v) is 5.10. The lowest BCUT2D eigenvalue weighted by atomic mass is 10.3. The lowest BCUT2D eigenvalue weighted by Crippen LogP contribution is -2.31. The van der Waals surface area contributed by atoms with Gasteiger partial charge in [0.15, 0.2) is 11.6 Å². The molecule has 4 heterocycles. The number of amides is 1. The van der Waals surface area contributed by atoms with Crippen molar-refractivity contribution in [3.63, 3.8) is 0 Å². The number of nitrogens with two attached hydrogens (primary N) is 1. The molecule has 0 radical (unpaired) electrons. The first-order valence-electron chi connectivity index (χ1n) is 9.07. The smallest absolute Gasteiger partial charge is 0.259 e. The number of nitrogens with zero attached hydrogens (tertiary/aromatic N) is 5. The second-order valence-corrected chi connectivity index (χ2v) is 6.87. The third kappa shape index (κ3) is 3.07. The first-order chi connectivity index (χ1) is 12.6. The van der Waals surface area contributed by atoms with E-state index in [0.717, 1.165) is 31.1 Å². The summed E-state index contributed by atoms with van der Waals surface area (Å²) < 4.78 is 7.73. The lowest BCUT2D eigenvalue weighted by molar-refractivity contribution is 0.0773. The summed E-state index contributed by atoms with van der Waals surface area (Å²) >= 11 is 0. The van der Waals surface area contributed by atoms with Crippen molar-refractivity contribution in [1.29, 1.82) is 0 Å². The molecule has 2 fully saturated rings. The van der Waals surface area contributed by atoms with Gasteiger partial charge in [-0.2, -0.15) is 5.10 Å². The van der Waals surface area contributed by atoms with Crippen LogP contribution < -0.4 is 15.4 Å². The van der Waals surface area contributed by atoms with Gasteiger partial charge in [-0.3, -0.25) is 9.48 Å².